The molecule has 0 aliphatic carbocycles. The summed E-state index contributed by atoms with van der Waals surface area (Å²) in [5.41, 5.74) is -0.828. The minimum Gasteiger partial charge on any atom is -0.460 e. The van der Waals surface area contributed by atoms with Crippen LogP contribution in [0, 0.1) is 5.89 Å². The van der Waals surface area contributed by atoms with E-state index in [1.54, 1.807) is 20.8 Å². The van der Waals surface area contributed by atoms with Crippen LogP contribution >= 0.6 is 0 Å². The molecule has 0 aromatic heterocycles. The van der Waals surface area contributed by atoms with Crippen LogP contribution < -0.4 is 0 Å². The molecule has 2 nitrogen and oxygen atoms in total. The Hall–Kier alpha value is -0.530. The molecule has 0 rings (SSSR count). The molecule has 12 heavy (non-hydrogen) atoms. The van der Waals surface area contributed by atoms with Crippen LogP contribution in [-0.4, -0.2) is 11.6 Å². The molecule has 0 unspecified atom stereocenters. The van der Waals surface area contributed by atoms with E-state index in [2.05, 4.69) is 0 Å². The van der Waals surface area contributed by atoms with Crippen LogP contribution in [0.3, 0.4) is 0 Å². The number of hydrogen-bond acceptors (Lipinski definition) is 2. The Morgan fingerprint density at radius 2 is 2.42 bits per heavy atom. The first kappa shape index (κ1) is 4.12. The zero-order valence-corrected chi connectivity index (χ0v) is 7.68. The summed E-state index contributed by atoms with van der Waals surface area (Å²) in [5.74, 6) is -3.44. The minimum absolute atomic E-state index is 0.828. The van der Waals surface area contributed by atoms with E-state index in [1.165, 1.54) is 0 Å². The fraction of sp³-hybridized carbons (Fsp3) is 0.900. The van der Waals surface area contributed by atoms with Crippen molar-refractivity contribution >= 4 is 5.97 Å². The van der Waals surface area contributed by atoms with Crippen LogP contribution in [0.25, 0.3) is 0 Å². The lowest BCUT2D eigenvalue weighted by molar-refractivity contribution is -0.155. The van der Waals surface area contributed by atoms with Gasteiger partial charge < -0.3 is 4.74 Å². The van der Waals surface area contributed by atoms with E-state index < -0.39 is 44.0 Å². The zero-order chi connectivity index (χ0) is 15.6. The van der Waals surface area contributed by atoms with Crippen molar-refractivity contribution in [1.82, 2.24) is 0 Å². The molecule has 0 heterocycles. The Labute approximate surface area is 85.1 Å². The summed E-state index contributed by atoms with van der Waals surface area (Å²) >= 11 is 0. The molecular formula is C10H20O2. The molecule has 0 radical (unpaired) electrons. The Kier molecular flexibility index (Phi) is 1.54. The van der Waals surface area contributed by atoms with Crippen molar-refractivity contribution in [3.8, 4) is 0 Å². The van der Waals surface area contributed by atoms with Gasteiger partial charge in [0.25, 0.3) is 0 Å². The van der Waals surface area contributed by atoms with E-state index in [0.29, 0.717) is 0 Å². The third-order valence-corrected chi connectivity index (χ3v) is 0.956. The second kappa shape index (κ2) is 4.48. The SMILES string of the molecule is [2H][13CH]([2H])[13C@@H]([2H])[13C@@]([2H])([13CH2][13C](=O)OC(C)(C)C)C([2H])([2H])[2H]. The molecule has 0 N–H and O–H groups in total. The molecule has 0 aliphatic rings. The molecule has 0 fully saturated rings. The van der Waals surface area contributed by atoms with Gasteiger partial charge in [-0.2, -0.15) is 0 Å². The highest BCUT2D eigenvalue weighted by Gasteiger charge is 2.17. The van der Waals surface area contributed by atoms with Crippen LogP contribution in [0.4, 0.5) is 0 Å². The maximum Gasteiger partial charge on any atom is 0.306 e. The first-order valence-corrected chi connectivity index (χ1v) is 3.69. The second-order valence-corrected chi connectivity index (χ2v) is 3.46. The first-order chi connectivity index (χ1) is 8.21. The highest BCUT2D eigenvalue weighted by atomic mass is 16.6. The summed E-state index contributed by atoms with van der Waals surface area (Å²) in [6.45, 7) is 0.0163. The molecule has 0 aromatic carbocycles. The summed E-state index contributed by atoms with van der Waals surface area (Å²) in [6, 6.07) is 0. The maximum atomic E-state index is 11.7. The van der Waals surface area contributed by atoms with Gasteiger partial charge in [-0.15, -0.1) is 0 Å². The Morgan fingerprint density at radius 3 is 2.83 bits per heavy atom. The average molecular weight is 184 g/mol. The van der Waals surface area contributed by atoms with Gasteiger partial charge in [0, 0.05) is 16.0 Å². The van der Waals surface area contributed by atoms with Crippen LogP contribution in [0.1, 0.15) is 56.9 Å². The number of carbonyl (C=O) groups excluding carboxylic acids is 1. The van der Waals surface area contributed by atoms with Crippen molar-refractivity contribution in [2.24, 2.45) is 5.89 Å². The predicted molar refractivity (Wildman–Crippen MR) is 49.9 cm³/mol. The smallest absolute Gasteiger partial charge is 0.306 e. The zero-order valence-electron chi connectivity index (χ0n) is 14.7. The highest BCUT2D eigenvalue weighted by molar-refractivity contribution is 5.70. The van der Waals surface area contributed by atoms with Crippen molar-refractivity contribution in [3.05, 3.63) is 0 Å². The third kappa shape index (κ3) is 6.20. The minimum atomic E-state index is -2.95. The molecule has 0 aliphatic heterocycles. The van der Waals surface area contributed by atoms with Crippen molar-refractivity contribution < 1.29 is 19.1 Å². The monoisotopic (exact) mass is 184 g/mol. The molecule has 0 saturated carbocycles. The number of rotatable bonds is 3. The van der Waals surface area contributed by atoms with Crippen LogP contribution in [0.15, 0.2) is 0 Å². The summed E-state index contributed by atoms with van der Waals surface area (Å²) in [7, 11) is 0. The summed E-state index contributed by atoms with van der Waals surface area (Å²) in [5, 5.41) is 0. The van der Waals surface area contributed by atoms with Gasteiger partial charge in [-0.3, -0.25) is 4.79 Å². The van der Waals surface area contributed by atoms with E-state index in [-0.39, 0.29) is 0 Å². The van der Waals surface area contributed by atoms with E-state index in [0.717, 1.165) is 0 Å². The Bertz CT molecular complexity index is 321. The largest absolute Gasteiger partial charge is 0.460 e. The summed E-state index contributed by atoms with van der Waals surface area (Å²) in [6.07, 6.45) is -2.70. The van der Waals surface area contributed by atoms with Gasteiger partial charge in [0.15, 0.2) is 0 Å². The van der Waals surface area contributed by atoms with Gasteiger partial charge in [0.1, 0.15) is 5.60 Å². The Balaban J connectivity index is 5.16. The fourth-order valence-electron chi connectivity index (χ4n) is 0.592. The average Bonchev–Trinajstić information content (AvgIpc) is 2.10. The molecule has 0 bridgehead atoms. The molecule has 0 aromatic rings. The molecule has 2 heteroatoms. The van der Waals surface area contributed by atoms with Crippen LogP contribution in [-0.2, 0) is 9.53 Å². The summed E-state index contributed by atoms with van der Waals surface area (Å²) < 4.78 is 56.4. The highest BCUT2D eigenvalue weighted by Crippen LogP contribution is 2.13. The Morgan fingerprint density at radius 1 is 1.75 bits per heavy atom. The predicted octanol–water partition coefficient (Wildman–Crippen LogP) is 2.76. The van der Waals surface area contributed by atoms with Gasteiger partial charge >= 0.3 is 5.97 Å². The van der Waals surface area contributed by atoms with E-state index in [9.17, 15) is 4.79 Å². The quantitative estimate of drug-likeness (QED) is 0.498. The van der Waals surface area contributed by atoms with Crippen molar-refractivity contribution in [2.75, 3.05) is 0 Å². The van der Waals surface area contributed by atoms with Gasteiger partial charge in [-0.1, -0.05) is 20.1 Å². The van der Waals surface area contributed by atoms with Gasteiger partial charge in [-0.05, 0) is 26.7 Å². The molecule has 0 spiro atoms. The van der Waals surface area contributed by atoms with Crippen molar-refractivity contribution in [1.29, 1.82) is 0 Å². The normalized spacial score (nSPS) is 29.2. The molecule has 2 atom stereocenters. The molecular weight excluding hydrogens is 157 g/mol. The lowest BCUT2D eigenvalue weighted by atomic mass is 10.2. The van der Waals surface area contributed by atoms with Crippen molar-refractivity contribution in [3.63, 3.8) is 0 Å². The lowest BCUT2D eigenvalue weighted by Gasteiger charge is -2.20. The summed E-state index contributed by atoms with van der Waals surface area (Å²) in [4.78, 5) is 11.7. The van der Waals surface area contributed by atoms with Gasteiger partial charge in [-0.25, -0.2) is 0 Å². The molecule has 0 saturated heterocycles. The molecule has 72 valence electrons. The van der Waals surface area contributed by atoms with Gasteiger partial charge in [0.05, 0.1) is 0 Å². The standard InChI is InChI=1S/C10H20O2/c1-6-8(2)7-9(11)12-10(3,4)5/h8H,6-7H2,1-5H3/t8-/m0/s1/i1+1D2,2D3,6+1D,7+1,8+1D,9+1/t6-,8+/m1. The van der Waals surface area contributed by atoms with Gasteiger partial charge in [0.2, 0.25) is 0 Å². The number of esters is 1. The number of carbonyl (C=O) groups is 1. The fourth-order valence-corrected chi connectivity index (χ4v) is 0.592. The number of ether oxygens (including phenoxy) is 1. The van der Waals surface area contributed by atoms with E-state index >= 15 is 0 Å². The molecule has 0 amide bonds. The second-order valence-electron chi connectivity index (χ2n) is 3.46. The first-order valence-electron chi connectivity index (χ1n) is 7.42. The number of hydrogen-bond donors (Lipinski definition) is 0. The topological polar surface area (TPSA) is 26.3 Å². The van der Waals surface area contributed by atoms with E-state index in [1.807, 2.05) is 0 Å². The lowest BCUT2D eigenvalue weighted by Crippen LogP contribution is -2.24. The van der Waals surface area contributed by atoms with Crippen LogP contribution in [0.5, 0.6) is 0 Å². The van der Waals surface area contributed by atoms with E-state index in [4.69, 9.17) is 14.3 Å². The van der Waals surface area contributed by atoms with Crippen LogP contribution in [0.2, 0.25) is 0 Å². The van der Waals surface area contributed by atoms with Crippen molar-refractivity contribution in [2.45, 2.75) is 52.9 Å². The maximum absolute atomic E-state index is 11.7. The third-order valence-electron chi connectivity index (χ3n) is 0.956.